The summed E-state index contributed by atoms with van der Waals surface area (Å²) in [7, 11) is 8.72. The summed E-state index contributed by atoms with van der Waals surface area (Å²) in [6.07, 6.45) is 0. The van der Waals surface area contributed by atoms with Crippen molar-refractivity contribution in [3.63, 3.8) is 0 Å². The standard InChI is InChI=1S/CH6BPSi/c2-1(3)4/h1H,3H2,4H3. The fraction of sp³-hybridized carbons (Fsp3) is 1.00. The molecule has 0 saturated carbocycles. The van der Waals surface area contributed by atoms with Gasteiger partial charge in [-0.3, -0.25) is 0 Å². The molecule has 2 atom stereocenters. The molecule has 0 bridgehead atoms. The van der Waals surface area contributed by atoms with Gasteiger partial charge in [-0.25, -0.2) is 0 Å². The van der Waals surface area contributed by atoms with E-state index in [0.29, 0.717) is 5.18 Å². The molecule has 0 aliphatic rings. The van der Waals surface area contributed by atoms with Crippen LogP contribution in [0.5, 0.6) is 0 Å². The first-order chi connectivity index (χ1) is 1.73. The molecule has 0 fully saturated rings. The van der Waals surface area contributed by atoms with Gasteiger partial charge >= 0.3 is 0 Å². The Hall–Kier alpha value is 0.712. The van der Waals surface area contributed by atoms with Crippen LogP contribution in [0, 0.1) is 0 Å². The van der Waals surface area contributed by atoms with Crippen LogP contribution in [0.15, 0.2) is 0 Å². The second-order valence-electron chi connectivity index (χ2n) is 0.859. The monoisotopic (exact) mass is 88.0 g/mol. The molecule has 2 unspecified atom stereocenters. The van der Waals surface area contributed by atoms with Gasteiger partial charge in [-0.05, 0) is 0 Å². The Kier molecular flexibility index (Phi) is 2.33. The van der Waals surface area contributed by atoms with E-state index in [1.54, 1.807) is 0 Å². The van der Waals surface area contributed by atoms with E-state index in [0.717, 1.165) is 10.2 Å². The maximum Gasteiger partial charge on any atom is 0.0704 e. The summed E-state index contributed by atoms with van der Waals surface area (Å²) in [6, 6.07) is 0. The molecule has 0 rings (SSSR count). The maximum atomic E-state index is 5.14. The second kappa shape index (κ2) is 1.98. The van der Waals surface area contributed by atoms with Crippen molar-refractivity contribution >= 4 is 27.3 Å². The van der Waals surface area contributed by atoms with Gasteiger partial charge in [0.2, 0.25) is 0 Å². The fourth-order valence-corrected chi connectivity index (χ4v) is 0. The summed E-state index contributed by atoms with van der Waals surface area (Å²) >= 11 is 0. The van der Waals surface area contributed by atoms with Gasteiger partial charge in [0.25, 0.3) is 0 Å². The zero-order chi connectivity index (χ0) is 3.58. The predicted molar refractivity (Wildman–Crippen MR) is 29.2 cm³/mol. The average molecular weight is 87.9 g/mol. The number of hydrogen-bond acceptors (Lipinski definition) is 0. The summed E-state index contributed by atoms with van der Waals surface area (Å²) in [4.78, 5) is 0. The van der Waals surface area contributed by atoms with Crippen LogP contribution >= 0.6 is 9.24 Å². The van der Waals surface area contributed by atoms with Crippen LogP contribution < -0.4 is 0 Å². The summed E-state index contributed by atoms with van der Waals surface area (Å²) in [6.45, 7) is 0. The minimum atomic E-state index is 0.389. The third-order valence-corrected chi connectivity index (χ3v) is 0. The third kappa shape index (κ3) is 15.7. The van der Waals surface area contributed by atoms with E-state index in [9.17, 15) is 0 Å². The molecule has 0 aromatic heterocycles. The van der Waals surface area contributed by atoms with E-state index in [-0.39, 0.29) is 0 Å². The van der Waals surface area contributed by atoms with Gasteiger partial charge in [0.15, 0.2) is 0 Å². The van der Waals surface area contributed by atoms with Crippen molar-refractivity contribution in [2.75, 3.05) is 0 Å². The largest absolute Gasteiger partial charge is 0.147 e. The lowest BCUT2D eigenvalue weighted by molar-refractivity contribution is 2.00. The Morgan fingerprint density at radius 3 is 2.00 bits per heavy atom. The van der Waals surface area contributed by atoms with Crippen LogP contribution in [0.4, 0.5) is 0 Å². The average Bonchev–Trinajstić information content (AvgIpc) is 0.811. The van der Waals surface area contributed by atoms with Crippen LogP contribution in [0.1, 0.15) is 0 Å². The lowest BCUT2D eigenvalue weighted by Crippen LogP contribution is -1.89. The molecule has 0 aliphatic heterocycles. The van der Waals surface area contributed by atoms with Crippen LogP contribution in [0.3, 0.4) is 0 Å². The van der Waals surface area contributed by atoms with E-state index in [4.69, 9.17) is 7.85 Å². The van der Waals surface area contributed by atoms with Crippen molar-refractivity contribution in [3.8, 4) is 0 Å². The van der Waals surface area contributed by atoms with Crippen molar-refractivity contribution in [1.29, 1.82) is 0 Å². The molecule has 0 spiro atoms. The SMILES string of the molecule is [B]C([SiH3])P. The van der Waals surface area contributed by atoms with Gasteiger partial charge in [-0.2, -0.15) is 0 Å². The number of rotatable bonds is 0. The zero-order valence-corrected chi connectivity index (χ0v) is 5.89. The Balaban J connectivity index is 2.32. The summed E-state index contributed by atoms with van der Waals surface area (Å²) in [5, 5.41) is 0.389. The molecular weight excluding hydrogens is 81.9 g/mol. The lowest BCUT2D eigenvalue weighted by Gasteiger charge is -1.78. The van der Waals surface area contributed by atoms with Crippen molar-refractivity contribution in [3.05, 3.63) is 0 Å². The van der Waals surface area contributed by atoms with Crippen LogP contribution in [0.2, 0.25) is 0 Å². The molecular formula is CH6BPSi. The first-order valence-corrected chi connectivity index (χ1v) is 3.07. The van der Waals surface area contributed by atoms with Crippen LogP contribution in [-0.4, -0.2) is 23.3 Å². The van der Waals surface area contributed by atoms with Crippen molar-refractivity contribution < 1.29 is 0 Å². The summed E-state index contributed by atoms with van der Waals surface area (Å²) in [5.41, 5.74) is 0. The van der Waals surface area contributed by atoms with Gasteiger partial charge < -0.3 is 0 Å². The smallest absolute Gasteiger partial charge is 0.0704 e. The highest BCUT2D eigenvalue weighted by molar-refractivity contribution is 7.24. The Labute approximate surface area is 33.4 Å². The van der Waals surface area contributed by atoms with Crippen molar-refractivity contribution in [2.24, 2.45) is 0 Å². The van der Waals surface area contributed by atoms with Gasteiger partial charge in [0, 0.05) is 10.2 Å². The predicted octanol–water partition coefficient (Wildman–Crippen LogP) is -1.32. The molecule has 3 heteroatoms. The van der Waals surface area contributed by atoms with E-state index in [1.165, 1.54) is 0 Å². The number of hydrogen-bond donors (Lipinski definition) is 0. The highest BCUT2D eigenvalue weighted by Crippen LogP contribution is 1.79. The Morgan fingerprint density at radius 2 is 2.00 bits per heavy atom. The van der Waals surface area contributed by atoms with Gasteiger partial charge in [-0.15, -0.1) is 9.24 Å². The molecule has 0 amide bonds. The Bertz CT molecular complexity index is 12.8. The molecule has 0 aromatic carbocycles. The van der Waals surface area contributed by atoms with Crippen molar-refractivity contribution in [2.45, 2.75) is 5.18 Å². The molecule has 2 radical (unpaired) electrons. The minimum Gasteiger partial charge on any atom is -0.147 e. The highest BCUT2D eigenvalue weighted by atomic mass is 31.0. The fourth-order valence-electron chi connectivity index (χ4n) is 0. The highest BCUT2D eigenvalue weighted by Gasteiger charge is 1.69. The summed E-state index contributed by atoms with van der Waals surface area (Å²) in [5.74, 6) is 0. The third-order valence-electron chi connectivity index (χ3n) is 0. The van der Waals surface area contributed by atoms with E-state index < -0.39 is 0 Å². The molecule has 22 valence electrons. The normalized spacial score (nSPS) is 16.2. The molecule has 0 N–H and O–H groups in total. The van der Waals surface area contributed by atoms with Gasteiger partial charge in [0.05, 0.1) is 7.85 Å². The zero-order valence-electron chi connectivity index (χ0n) is 2.73. The van der Waals surface area contributed by atoms with E-state index in [1.807, 2.05) is 0 Å². The molecule has 0 nitrogen and oxygen atoms in total. The minimum absolute atomic E-state index is 0.389. The summed E-state index contributed by atoms with van der Waals surface area (Å²) < 4.78 is 0. The van der Waals surface area contributed by atoms with E-state index >= 15 is 0 Å². The molecule has 0 saturated heterocycles. The lowest BCUT2D eigenvalue weighted by atomic mass is 10.2. The first-order valence-electron chi connectivity index (χ1n) is 1.24. The quantitative estimate of drug-likeness (QED) is 0.254. The Morgan fingerprint density at radius 1 is 2.00 bits per heavy atom. The molecule has 4 heavy (non-hydrogen) atoms. The van der Waals surface area contributed by atoms with Crippen molar-refractivity contribution in [1.82, 2.24) is 0 Å². The van der Waals surface area contributed by atoms with Gasteiger partial charge in [-0.1, -0.05) is 5.18 Å². The van der Waals surface area contributed by atoms with Gasteiger partial charge in [0.1, 0.15) is 0 Å². The topological polar surface area (TPSA) is 0 Å². The first kappa shape index (κ1) is 4.71. The maximum absolute atomic E-state index is 5.14. The second-order valence-corrected chi connectivity index (χ2v) is 4.58. The molecule has 0 heterocycles. The molecule has 0 aromatic rings. The van der Waals surface area contributed by atoms with E-state index in [2.05, 4.69) is 9.24 Å². The molecule has 0 aliphatic carbocycles. The van der Waals surface area contributed by atoms with Crippen LogP contribution in [-0.2, 0) is 0 Å². The van der Waals surface area contributed by atoms with Crippen LogP contribution in [0.25, 0.3) is 0 Å².